The van der Waals surface area contributed by atoms with E-state index < -0.39 is 5.97 Å². The zero-order valence-electron chi connectivity index (χ0n) is 16.4. The highest BCUT2D eigenvalue weighted by molar-refractivity contribution is 5.84. The van der Waals surface area contributed by atoms with Crippen LogP contribution < -0.4 is 10.3 Å². The summed E-state index contributed by atoms with van der Waals surface area (Å²) in [5, 5.41) is 6.35. The third kappa shape index (κ3) is 4.38. The van der Waals surface area contributed by atoms with Crippen molar-refractivity contribution in [2.75, 3.05) is 7.11 Å². The molecule has 0 aliphatic heterocycles. The first-order valence-electron chi connectivity index (χ1n) is 9.48. The molecule has 6 nitrogen and oxygen atoms in total. The van der Waals surface area contributed by atoms with Gasteiger partial charge in [-0.15, -0.1) is 0 Å². The minimum Gasteiger partial charge on any atom is -0.497 e. The summed E-state index contributed by atoms with van der Waals surface area (Å²) in [6.45, 7) is -0.127. The van der Waals surface area contributed by atoms with Crippen LogP contribution in [0.3, 0.4) is 0 Å². The second-order valence-electron chi connectivity index (χ2n) is 6.79. The van der Waals surface area contributed by atoms with E-state index in [0.29, 0.717) is 5.69 Å². The summed E-state index contributed by atoms with van der Waals surface area (Å²) in [6, 6.07) is 24.1. The van der Waals surface area contributed by atoms with Crippen LogP contribution in [0.2, 0.25) is 0 Å². The number of rotatable bonds is 6. The normalized spacial score (nSPS) is 10.7. The molecule has 1 aromatic heterocycles. The fourth-order valence-electron chi connectivity index (χ4n) is 3.15. The Morgan fingerprint density at radius 1 is 0.933 bits per heavy atom. The van der Waals surface area contributed by atoms with Gasteiger partial charge >= 0.3 is 5.97 Å². The van der Waals surface area contributed by atoms with E-state index in [1.54, 1.807) is 13.2 Å². The summed E-state index contributed by atoms with van der Waals surface area (Å²) < 4.78 is 11.7. The molecule has 0 bridgehead atoms. The van der Waals surface area contributed by atoms with Crippen molar-refractivity contribution in [2.45, 2.75) is 13.2 Å². The highest BCUT2D eigenvalue weighted by atomic mass is 16.5. The summed E-state index contributed by atoms with van der Waals surface area (Å²) in [5.74, 6) is 0.266. The Kier molecular flexibility index (Phi) is 5.57. The maximum Gasteiger partial charge on any atom is 0.328 e. The molecule has 0 amide bonds. The minimum atomic E-state index is -0.523. The number of esters is 1. The van der Waals surface area contributed by atoms with Gasteiger partial charge in [0.1, 0.15) is 18.9 Å². The molecular weight excluding hydrogens is 380 g/mol. The predicted molar refractivity (Wildman–Crippen MR) is 114 cm³/mol. The molecule has 0 aliphatic carbocycles. The maximum atomic E-state index is 12.3. The predicted octanol–water partition coefficient (Wildman–Crippen LogP) is 3.82. The lowest BCUT2D eigenvalue weighted by atomic mass is 10.1. The second-order valence-corrected chi connectivity index (χ2v) is 6.79. The van der Waals surface area contributed by atoms with Gasteiger partial charge in [-0.25, -0.2) is 4.68 Å². The van der Waals surface area contributed by atoms with Crippen LogP contribution in [0.15, 0.2) is 83.7 Å². The van der Waals surface area contributed by atoms with Gasteiger partial charge in [0, 0.05) is 11.6 Å². The first-order valence-corrected chi connectivity index (χ1v) is 9.48. The molecule has 6 heteroatoms. The van der Waals surface area contributed by atoms with E-state index >= 15 is 0 Å². The van der Waals surface area contributed by atoms with Crippen LogP contribution in [-0.4, -0.2) is 22.9 Å². The summed E-state index contributed by atoms with van der Waals surface area (Å²) in [4.78, 5) is 24.4. The smallest absolute Gasteiger partial charge is 0.328 e. The van der Waals surface area contributed by atoms with E-state index in [1.165, 1.54) is 6.07 Å². The molecule has 1 heterocycles. The van der Waals surface area contributed by atoms with Crippen molar-refractivity contribution < 1.29 is 14.3 Å². The largest absolute Gasteiger partial charge is 0.497 e. The molecular formula is C24H20N2O4. The molecule has 0 saturated carbocycles. The van der Waals surface area contributed by atoms with Crippen LogP contribution in [0.4, 0.5) is 0 Å². The van der Waals surface area contributed by atoms with E-state index in [-0.39, 0.29) is 18.7 Å². The molecule has 150 valence electrons. The summed E-state index contributed by atoms with van der Waals surface area (Å²) in [7, 11) is 1.63. The van der Waals surface area contributed by atoms with Gasteiger partial charge in [0.15, 0.2) is 0 Å². The van der Waals surface area contributed by atoms with Gasteiger partial charge in [0.2, 0.25) is 0 Å². The third-order valence-electron chi connectivity index (χ3n) is 4.73. The monoisotopic (exact) mass is 400 g/mol. The Hall–Kier alpha value is -3.93. The van der Waals surface area contributed by atoms with Crippen molar-refractivity contribution in [1.29, 1.82) is 0 Å². The van der Waals surface area contributed by atoms with Gasteiger partial charge in [-0.05, 0) is 40.6 Å². The number of hydrogen-bond acceptors (Lipinski definition) is 5. The molecule has 0 fully saturated rings. The zero-order chi connectivity index (χ0) is 20.9. The lowest BCUT2D eigenvalue weighted by Gasteiger charge is -2.09. The molecule has 0 radical (unpaired) electrons. The van der Waals surface area contributed by atoms with E-state index in [9.17, 15) is 9.59 Å². The third-order valence-corrected chi connectivity index (χ3v) is 4.73. The number of aromatic nitrogens is 2. The quantitative estimate of drug-likeness (QED) is 0.460. The number of carbonyl (C=O) groups excluding carboxylic acids is 1. The van der Waals surface area contributed by atoms with Crippen LogP contribution in [0.1, 0.15) is 5.56 Å². The number of ether oxygens (including phenoxy) is 2. The van der Waals surface area contributed by atoms with E-state index in [1.807, 2.05) is 66.7 Å². The lowest BCUT2D eigenvalue weighted by Crippen LogP contribution is -2.27. The summed E-state index contributed by atoms with van der Waals surface area (Å²) in [6.07, 6.45) is 0. The fraction of sp³-hybridized carbons (Fsp3) is 0.125. The van der Waals surface area contributed by atoms with Gasteiger partial charge < -0.3 is 9.47 Å². The molecule has 4 rings (SSSR count). The van der Waals surface area contributed by atoms with Crippen molar-refractivity contribution in [3.05, 3.63) is 94.8 Å². The van der Waals surface area contributed by atoms with Crippen LogP contribution in [0.25, 0.3) is 22.0 Å². The average Bonchev–Trinajstić information content (AvgIpc) is 2.79. The van der Waals surface area contributed by atoms with Crippen molar-refractivity contribution >= 4 is 16.7 Å². The zero-order valence-corrected chi connectivity index (χ0v) is 16.4. The van der Waals surface area contributed by atoms with Crippen LogP contribution >= 0.6 is 0 Å². The lowest BCUT2D eigenvalue weighted by molar-refractivity contribution is -0.146. The highest BCUT2D eigenvalue weighted by Gasteiger charge is 2.10. The standard InChI is InChI=1S/C24H20N2O4/c1-29-21-10-9-19-13-17(7-8-20(19)14-21)16-30-24(28)15-26-23(27)12-11-22(25-26)18-5-3-2-4-6-18/h2-14H,15-16H2,1H3. The molecule has 4 aromatic rings. The average molecular weight is 400 g/mol. The fourth-order valence-corrected chi connectivity index (χ4v) is 3.15. The molecule has 0 aliphatic rings. The highest BCUT2D eigenvalue weighted by Crippen LogP contribution is 2.22. The van der Waals surface area contributed by atoms with Crippen molar-refractivity contribution in [1.82, 2.24) is 9.78 Å². The van der Waals surface area contributed by atoms with E-state index in [4.69, 9.17) is 9.47 Å². The topological polar surface area (TPSA) is 70.4 Å². The Labute approximate surface area is 173 Å². The number of hydrogen-bond donors (Lipinski definition) is 0. The van der Waals surface area contributed by atoms with Gasteiger partial charge in [-0.2, -0.15) is 5.10 Å². The van der Waals surface area contributed by atoms with Crippen molar-refractivity contribution in [3.63, 3.8) is 0 Å². The van der Waals surface area contributed by atoms with Gasteiger partial charge in [0.25, 0.3) is 5.56 Å². The molecule has 0 unspecified atom stereocenters. The van der Waals surface area contributed by atoms with E-state index in [0.717, 1.165) is 32.3 Å². The number of carbonyl (C=O) groups is 1. The van der Waals surface area contributed by atoms with Crippen molar-refractivity contribution in [2.24, 2.45) is 0 Å². The Morgan fingerprint density at radius 2 is 1.70 bits per heavy atom. The SMILES string of the molecule is COc1ccc2cc(COC(=O)Cn3nc(-c4ccccc4)ccc3=O)ccc2c1. The molecule has 0 spiro atoms. The van der Waals surface area contributed by atoms with Gasteiger partial charge in [-0.3, -0.25) is 9.59 Å². The second kappa shape index (κ2) is 8.61. The maximum absolute atomic E-state index is 12.3. The summed E-state index contributed by atoms with van der Waals surface area (Å²) in [5.41, 5.74) is 1.99. The molecule has 0 saturated heterocycles. The molecule has 3 aromatic carbocycles. The van der Waals surface area contributed by atoms with Gasteiger partial charge in [0.05, 0.1) is 12.8 Å². The van der Waals surface area contributed by atoms with Gasteiger partial charge in [-0.1, -0.05) is 48.5 Å². The minimum absolute atomic E-state index is 0.119. The Balaban J connectivity index is 1.44. The Bertz CT molecular complexity index is 1250. The summed E-state index contributed by atoms with van der Waals surface area (Å²) >= 11 is 0. The number of nitrogens with zero attached hydrogens (tertiary/aromatic N) is 2. The van der Waals surface area contributed by atoms with Crippen molar-refractivity contribution in [3.8, 4) is 17.0 Å². The van der Waals surface area contributed by atoms with Crippen LogP contribution in [0.5, 0.6) is 5.75 Å². The molecule has 30 heavy (non-hydrogen) atoms. The molecule has 0 atom stereocenters. The first-order chi connectivity index (χ1) is 14.6. The first kappa shape index (κ1) is 19.4. The van der Waals surface area contributed by atoms with E-state index in [2.05, 4.69) is 5.10 Å². The number of methoxy groups -OCH3 is 1. The Morgan fingerprint density at radius 3 is 2.50 bits per heavy atom. The molecule has 0 N–H and O–H groups in total. The van der Waals surface area contributed by atoms with Crippen LogP contribution in [-0.2, 0) is 22.7 Å². The van der Waals surface area contributed by atoms with Crippen LogP contribution in [0, 0.1) is 0 Å². The number of fused-ring (bicyclic) bond motifs is 1. The number of benzene rings is 3.